The molecule has 0 saturated heterocycles. The first-order chi connectivity index (χ1) is 9.63. The Kier molecular flexibility index (Phi) is 5.21. The zero-order valence-corrected chi connectivity index (χ0v) is 10.6. The minimum atomic E-state index is -6.06. The van der Waals surface area contributed by atoms with E-state index in [1.54, 1.807) is 0 Å². The van der Waals surface area contributed by atoms with Crippen LogP contribution in [0.4, 0.5) is 32.0 Å². The molecule has 0 radical (unpaired) electrons. The molecule has 1 aromatic carbocycles. The van der Waals surface area contributed by atoms with Crippen LogP contribution in [0.3, 0.4) is 0 Å². The van der Waals surface area contributed by atoms with E-state index in [1.165, 1.54) is 12.1 Å². The van der Waals surface area contributed by atoms with Crippen LogP contribution in [0.2, 0.25) is 0 Å². The van der Waals surface area contributed by atoms with Crippen molar-refractivity contribution < 1.29 is 31.1 Å². The number of alkyl halides is 5. The number of halogens is 6. The summed E-state index contributed by atoms with van der Waals surface area (Å²) in [6, 6.07) is 4.22. The van der Waals surface area contributed by atoms with E-state index in [1.807, 2.05) is 0 Å². The number of carbonyl (C=O) groups excluding carboxylic acids is 1. The third kappa shape index (κ3) is 3.66. The minimum absolute atomic E-state index is 0.0597. The van der Waals surface area contributed by atoms with E-state index in [-0.39, 0.29) is 17.9 Å². The Bertz CT molecular complexity index is 503. The molecule has 118 valence electrons. The maximum atomic E-state index is 13.6. The highest BCUT2D eigenvalue weighted by atomic mass is 19.4. The van der Waals surface area contributed by atoms with Gasteiger partial charge in [-0.3, -0.25) is 4.79 Å². The van der Waals surface area contributed by atoms with Crippen LogP contribution in [0.15, 0.2) is 24.3 Å². The highest BCUT2D eigenvalue weighted by molar-refractivity contribution is 5.99. The first-order valence-electron chi connectivity index (χ1n) is 5.84. The summed E-state index contributed by atoms with van der Waals surface area (Å²) in [6.45, 7) is -0.613. The number of amides is 1. The molecule has 0 aliphatic rings. The summed E-state index contributed by atoms with van der Waals surface area (Å²) < 4.78 is 76.7. The van der Waals surface area contributed by atoms with Gasteiger partial charge < -0.3 is 10.6 Å². The molecule has 1 amide bonds. The van der Waals surface area contributed by atoms with Crippen molar-refractivity contribution in [1.29, 1.82) is 0 Å². The lowest BCUT2D eigenvalue weighted by molar-refractivity contribution is -0.268. The Morgan fingerprint density at radius 3 is 2.19 bits per heavy atom. The monoisotopic (exact) mass is 314 g/mol. The molecule has 0 heterocycles. The summed E-state index contributed by atoms with van der Waals surface area (Å²) in [5.74, 6) is -9.22. The smallest absolute Gasteiger partial charge is 0.330 e. The lowest BCUT2D eigenvalue weighted by atomic mass is 10.2. The predicted molar refractivity (Wildman–Crippen MR) is 63.4 cm³/mol. The molecule has 1 rings (SSSR count). The topological polar surface area (TPSA) is 46.3 Å². The molecule has 0 saturated carbocycles. The van der Waals surface area contributed by atoms with Crippen molar-refractivity contribution in [2.24, 2.45) is 5.73 Å². The number of rotatable bonds is 5. The maximum absolute atomic E-state index is 13.6. The van der Waals surface area contributed by atoms with Gasteiger partial charge in [0, 0.05) is 6.54 Å². The third-order valence-electron chi connectivity index (χ3n) is 2.60. The fourth-order valence-electron chi connectivity index (χ4n) is 1.54. The highest BCUT2D eigenvalue weighted by Crippen LogP contribution is 2.38. The molecular weight excluding hydrogens is 302 g/mol. The summed E-state index contributed by atoms with van der Waals surface area (Å²) >= 11 is 0. The number of para-hydroxylation sites is 1. The quantitative estimate of drug-likeness (QED) is 0.850. The molecule has 0 fully saturated rings. The standard InChI is InChI=1S/C12H12F6N2O/c13-8-4-1-2-5-9(8)20(7-3-6-19)10(21)11(14,15)12(16,17)18/h1-2,4-5H,3,6-7,19H2. The number of hydrogen-bond acceptors (Lipinski definition) is 2. The van der Waals surface area contributed by atoms with Crippen molar-refractivity contribution in [3.63, 3.8) is 0 Å². The fourth-order valence-corrected chi connectivity index (χ4v) is 1.54. The molecule has 0 aliphatic carbocycles. The summed E-state index contributed by atoms with van der Waals surface area (Å²) in [4.78, 5) is 11.6. The van der Waals surface area contributed by atoms with Crippen LogP contribution >= 0.6 is 0 Å². The predicted octanol–water partition coefficient (Wildman–Crippen LogP) is 2.71. The van der Waals surface area contributed by atoms with Gasteiger partial charge in [-0.15, -0.1) is 0 Å². The second-order valence-corrected chi connectivity index (χ2v) is 4.12. The zero-order valence-electron chi connectivity index (χ0n) is 10.6. The highest BCUT2D eigenvalue weighted by Gasteiger charge is 2.64. The van der Waals surface area contributed by atoms with Gasteiger partial charge >= 0.3 is 18.0 Å². The number of nitrogens with zero attached hydrogens (tertiary/aromatic N) is 1. The SMILES string of the molecule is NCCCN(C(=O)C(F)(F)C(F)(F)F)c1ccccc1F. The Morgan fingerprint density at radius 1 is 1.14 bits per heavy atom. The maximum Gasteiger partial charge on any atom is 0.463 e. The Balaban J connectivity index is 3.21. The molecule has 0 aromatic heterocycles. The average Bonchev–Trinajstić information content (AvgIpc) is 2.39. The van der Waals surface area contributed by atoms with Crippen molar-refractivity contribution in [2.45, 2.75) is 18.5 Å². The van der Waals surface area contributed by atoms with Gasteiger partial charge in [0.1, 0.15) is 5.82 Å². The van der Waals surface area contributed by atoms with Gasteiger partial charge in [0.2, 0.25) is 0 Å². The van der Waals surface area contributed by atoms with E-state index < -0.39 is 36.1 Å². The van der Waals surface area contributed by atoms with Crippen molar-refractivity contribution >= 4 is 11.6 Å². The Morgan fingerprint density at radius 2 is 1.71 bits per heavy atom. The molecule has 0 unspecified atom stereocenters. The first-order valence-corrected chi connectivity index (χ1v) is 5.84. The summed E-state index contributed by atoms with van der Waals surface area (Å²) in [5.41, 5.74) is 4.49. The molecular formula is C12H12F6N2O. The molecule has 9 heteroatoms. The van der Waals surface area contributed by atoms with Gasteiger partial charge in [0.25, 0.3) is 0 Å². The minimum Gasteiger partial charge on any atom is -0.330 e. The summed E-state index contributed by atoms with van der Waals surface area (Å²) in [5, 5.41) is 0. The molecule has 0 bridgehead atoms. The fraction of sp³-hybridized carbons (Fsp3) is 0.417. The van der Waals surface area contributed by atoms with E-state index in [9.17, 15) is 31.1 Å². The summed E-state index contributed by atoms with van der Waals surface area (Å²) in [7, 11) is 0. The van der Waals surface area contributed by atoms with Gasteiger partial charge in [-0.25, -0.2) is 4.39 Å². The number of nitrogens with two attached hydrogens (primary N) is 1. The van der Waals surface area contributed by atoms with Gasteiger partial charge in [-0.2, -0.15) is 22.0 Å². The number of carbonyl (C=O) groups is 1. The molecule has 2 N–H and O–H groups in total. The molecule has 1 aromatic rings. The lowest BCUT2D eigenvalue weighted by Crippen LogP contribution is -2.53. The Labute approximate surface area is 116 Å². The number of anilines is 1. The van der Waals surface area contributed by atoms with Gasteiger partial charge in [0.15, 0.2) is 0 Å². The average molecular weight is 314 g/mol. The second kappa shape index (κ2) is 6.33. The van der Waals surface area contributed by atoms with Crippen molar-refractivity contribution in [1.82, 2.24) is 0 Å². The zero-order chi connectivity index (χ0) is 16.3. The number of benzene rings is 1. The van der Waals surface area contributed by atoms with E-state index in [0.717, 1.165) is 12.1 Å². The van der Waals surface area contributed by atoms with Crippen LogP contribution in [0, 0.1) is 5.82 Å². The van der Waals surface area contributed by atoms with E-state index in [4.69, 9.17) is 5.73 Å². The second-order valence-electron chi connectivity index (χ2n) is 4.12. The number of hydrogen-bond donors (Lipinski definition) is 1. The van der Waals surface area contributed by atoms with Crippen LogP contribution in [-0.4, -0.2) is 31.1 Å². The van der Waals surface area contributed by atoms with Gasteiger partial charge in [-0.05, 0) is 25.1 Å². The molecule has 3 nitrogen and oxygen atoms in total. The normalized spacial score (nSPS) is 12.3. The molecule has 0 atom stereocenters. The van der Waals surface area contributed by atoms with E-state index in [0.29, 0.717) is 0 Å². The van der Waals surface area contributed by atoms with Crippen LogP contribution in [0.5, 0.6) is 0 Å². The van der Waals surface area contributed by atoms with Crippen LogP contribution in [0.25, 0.3) is 0 Å². The largest absolute Gasteiger partial charge is 0.463 e. The Hall–Kier alpha value is -1.77. The molecule has 21 heavy (non-hydrogen) atoms. The third-order valence-corrected chi connectivity index (χ3v) is 2.60. The van der Waals surface area contributed by atoms with Gasteiger partial charge in [-0.1, -0.05) is 12.1 Å². The van der Waals surface area contributed by atoms with E-state index in [2.05, 4.69) is 0 Å². The van der Waals surface area contributed by atoms with Crippen molar-refractivity contribution in [3.05, 3.63) is 30.1 Å². The van der Waals surface area contributed by atoms with Gasteiger partial charge in [0.05, 0.1) is 5.69 Å². The van der Waals surface area contributed by atoms with Crippen molar-refractivity contribution in [2.75, 3.05) is 18.0 Å². The first kappa shape index (κ1) is 17.3. The van der Waals surface area contributed by atoms with Crippen molar-refractivity contribution in [3.8, 4) is 0 Å². The van der Waals surface area contributed by atoms with Crippen LogP contribution in [0.1, 0.15) is 6.42 Å². The lowest BCUT2D eigenvalue weighted by Gasteiger charge is -2.28. The van der Waals surface area contributed by atoms with E-state index >= 15 is 0 Å². The molecule has 0 spiro atoms. The molecule has 0 aliphatic heterocycles. The summed E-state index contributed by atoms with van der Waals surface area (Å²) in [6.07, 6.45) is -6.12. The van der Waals surface area contributed by atoms with Crippen LogP contribution in [-0.2, 0) is 4.79 Å². The van der Waals surface area contributed by atoms with Crippen LogP contribution < -0.4 is 10.6 Å².